The van der Waals surface area contributed by atoms with Gasteiger partial charge in [0.05, 0.1) is 31.6 Å². The molecule has 4 aliphatic heterocycles. The summed E-state index contributed by atoms with van der Waals surface area (Å²) in [7, 11) is 1.63. The Balaban J connectivity index is 1.38. The van der Waals surface area contributed by atoms with Gasteiger partial charge in [-0.25, -0.2) is 0 Å². The predicted molar refractivity (Wildman–Crippen MR) is 107 cm³/mol. The summed E-state index contributed by atoms with van der Waals surface area (Å²) in [5.74, 6) is -0.0170. The number of hydrogen-bond donors (Lipinski definition) is 0. The molecule has 1 spiro atoms. The molecule has 2 bridgehead atoms. The zero-order chi connectivity index (χ0) is 20.2. The second-order valence-corrected chi connectivity index (χ2v) is 8.53. The van der Waals surface area contributed by atoms with Crippen molar-refractivity contribution in [1.29, 1.82) is 0 Å². The van der Waals surface area contributed by atoms with E-state index in [2.05, 4.69) is 13.0 Å². The van der Waals surface area contributed by atoms with Crippen molar-refractivity contribution >= 4 is 11.8 Å². The average Bonchev–Trinajstić information content (AvgIpc) is 3.36. The summed E-state index contributed by atoms with van der Waals surface area (Å²) in [5, 5.41) is 0. The smallest absolute Gasteiger partial charge is 0.230 e. The van der Waals surface area contributed by atoms with E-state index in [0.29, 0.717) is 19.6 Å². The van der Waals surface area contributed by atoms with Crippen molar-refractivity contribution in [3.05, 3.63) is 53.6 Å². The summed E-state index contributed by atoms with van der Waals surface area (Å²) in [6, 6.07) is 7.74. The standard InChI is InChI=1S/C23H26N2O4/c1-15-7-10-24(11-8-15)21(26)19-18-6-9-23(29-18)14-25(22(27)20(19)23)13-16-4-3-5-17(12-16)28-2/h3-7,9,12,18-20H,8,10-11,13-14H2,1-2H3/t18-,19-,20+,23-/m0/s1. The fourth-order valence-electron chi connectivity index (χ4n) is 5.17. The highest BCUT2D eigenvalue weighted by Gasteiger charge is 2.67. The molecule has 2 amide bonds. The molecule has 152 valence electrons. The fraction of sp³-hybridized carbons (Fsp3) is 0.478. The first kappa shape index (κ1) is 18.4. The van der Waals surface area contributed by atoms with E-state index in [1.54, 1.807) is 7.11 Å². The summed E-state index contributed by atoms with van der Waals surface area (Å²) in [5.41, 5.74) is 1.66. The van der Waals surface area contributed by atoms with Crippen LogP contribution in [0.25, 0.3) is 0 Å². The van der Waals surface area contributed by atoms with Gasteiger partial charge >= 0.3 is 0 Å². The molecule has 0 radical (unpaired) electrons. The Morgan fingerprint density at radius 2 is 2.24 bits per heavy atom. The molecule has 0 N–H and O–H groups in total. The predicted octanol–water partition coefficient (Wildman–Crippen LogP) is 2.16. The molecule has 5 rings (SSSR count). The van der Waals surface area contributed by atoms with E-state index in [1.165, 1.54) is 5.57 Å². The van der Waals surface area contributed by atoms with Crippen LogP contribution in [0.2, 0.25) is 0 Å². The quantitative estimate of drug-likeness (QED) is 0.735. The van der Waals surface area contributed by atoms with Crippen LogP contribution in [0.5, 0.6) is 5.75 Å². The highest BCUT2D eigenvalue weighted by Crippen LogP contribution is 2.52. The van der Waals surface area contributed by atoms with Crippen LogP contribution in [0.1, 0.15) is 18.9 Å². The first-order chi connectivity index (χ1) is 14.0. The molecule has 1 aromatic carbocycles. The number of likely N-dealkylation sites (tertiary alicyclic amines) is 1. The van der Waals surface area contributed by atoms with Gasteiger partial charge in [0.25, 0.3) is 0 Å². The average molecular weight is 394 g/mol. The molecular weight excluding hydrogens is 368 g/mol. The molecule has 0 aromatic heterocycles. The Bertz CT molecular complexity index is 923. The Morgan fingerprint density at radius 1 is 1.38 bits per heavy atom. The lowest BCUT2D eigenvalue weighted by Crippen LogP contribution is -2.47. The molecule has 0 aliphatic carbocycles. The minimum atomic E-state index is -0.664. The Labute approximate surface area is 170 Å². The minimum Gasteiger partial charge on any atom is -0.497 e. The zero-order valence-electron chi connectivity index (χ0n) is 16.8. The molecule has 2 fully saturated rings. The Morgan fingerprint density at radius 3 is 3.00 bits per heavy atom. The third-order valence-corrected chi connectivity index (χ3v) is 6.72. The van der Waals surface area contributed by atoms with Crippen LogP contribution in [0, 0.1) is 11.8 Å². The Hall–Kier alpha value is -2.60. The van der Waals surface area contributed by atoms with Gasteiger partial charge in [-0.1, -0.05) is 35.9 Å². The van der Waals surface area contributed by atoms with E-state index < -0.39 is 17.4 Å². The third kappa shape index (κ3) is 2.89. The minimum absolute atomic E-state index is 0.0155. The molecular formula is C23H26N2O4. The van der Waals surface area contributed by atoms with Gasteiger partial charge in [-0.2, -0.15) is 0 Å². The highest BCUT2D eigenvalue weighted by molar-refractivity contribution is 5.93. The highest BCUT2D eigenvalue weighted by atomic mass is 16.5. The fourth-order valence-corrected chi connectivity index (χ4v) is 5.17. The van der Waals surface area contributed by atoms with Crippen molar-refractivity contribution in [3.8, 4) is 5.75 Å². The number of ether oxygens (including phenoxy) is 2. The van der Waals surface area contributed by atoms with Gasteiger partial charge < -0.3 is 19.3 Å². The number of methoxy groups -OCH3 is 1. The zero-order valence-corrected chi connectivity index (χ0v) is 16.8. The third-order valence-electron chi connectivity index (χ3n) is 6.72. The van der Waals surface area contributed by atoms with E-state index in [9.17, 15) is 9.59 Å². The lowest BCUT2D eigenvalue weighted by molar-refractivity contribution is -0.143. The number of amides is 2. The van der Waals surface area contributed by atoms with Crippen LogP contribution in [-0.4, -0.2) is 60.1 Å². The van der Waals surface area contributed by atoms with E-state index >= 15 is 0 Å². The molecule has 6 nitrogen and oxygen atoms in total. The van der Waals surface area contributed by atoms with Crippen molar-refractivity contribution in [2.24, 2.45) is 11.8 Å². The summed E-state index contributed by atoms with van der Waals surface area (Å²) in [6.07, 6.45) is 6.70. The van der Waals surface area contributed by atoms with Crippen molar-refractivity contribution in [2.45, 2.75) is 31.6 Å². The van der Waals surface area contributed by atoms with Gasteiger partial charge in [0.1, 0.15) is 11.4 Å². The molecule has 0 unspecified atom stereocenters. The monoisotopic (exact) mass is 394 g/mol. The molecule has 0 saturated carbocycles. The molecule has 4 atom stereocenters. The molecule has 4 aliphatic rings. The SMILES string of the molecule is COc1cccc(CN2C[C@]34C=C[C@H](O3)[C@H](C(=O)N3CC=C(C)CC3)[C@@H]4C2=O)c1. The van der Waals surface area contributed by atoms with Crippen LogP contribution < -0.4 is 4.74 Å². The molecule has 6 heteroatoms. The largest absolute Gasteiger partial charge is 0.497 e. The van der Waals surface area contributed by atoms with Gasteiger partial charge in [0.2, 0.25) is 11.8 Å². The van der Waals surface area contributed by atoms with Crippen molar-refractivity contribution < 1.29 is 19.1 Å². The second-order valence-electron chi connectivity index (χ2n) is 8.53. The maximum atomic E-state index is 13.4. The number of carbonyl (C=O) groups excluding carboxylic acids is 2. The van der Waals surface area contributed by atoms with Gasteiger partial charge in [-0.05, 0) is 31.0 Å². The van der Waals surface area contributed by atoms with Crippen molar-refractivity contribution in [2.75, 3.05) is 26.7 Å². The van der Waals surface area contributed by atoms with Gasteiger partial charge in [-0.15, -0.1) is 0 Å². The van der Waals surface area contributed by atoms with Crippen LogP contribution in [0.4, 0.5) is 0 Å². The summed E-state index contributed by atoms with van der Waals surface area (Å²) >= 11 is 0. The molecule has 2 saturated heterocycles. The normalized spacial score (nSPS) is 32.6. The Kier molecular flexibility index (Phi) is 4.28. The van der Waals surface area contributed by atoms with Crippen LogP contribution in [0.3, 0.4) is 0 Å². The number of rotatable bonds is 4. The van der Waals surface area contributed by atoms with Crippen LogP contribution in [0.15, 0.2) is 48.1 Å². The lowest BCUT2D eigenvalue weighted by Gasteiger charge is -2.31. The summed E-state index contributed by atoms with van der Waals surface area (Å²) in [6.45, 7) is 4.41. The van der Waals surface area contributed by atoms with Crippen LogP contribution >= 0.6 is 0 Å². The number of benzene rings is 1. The number of carbonyl (C=O) groups is 2. The van der Waals surface area contributed by atoms with E-state index in [0.717, 1.165) is 24.3 Å². The first-order valence-electron chi connectivity index (χ1n) is 10.2. The van der Waals surface area contributed by atoms with Gasteiger partial charge in [0, 0.05) is 19.6 Å². The maximum Gasteiger partial charge on any atom is 0.230 e. The molecule has 1 aromatic rings. The maximum absolute atomic E-state index is 13.4. The van der Waals surface area contributed by atoms with Crippen molar-refractivity contribution in [1.82, 2.24) is 9.80 Å². The first-order valence-corrected chi connectivity index (χ1v) is 10.2. The topological polar surface area (TPSA) is 59.1 Å². The van der Waals surface area contributed by atoms with E-state index in [1.807, 2.05) is 46.2 Å². The van der Waals surface area contributed by atoms with E-state index in [-0.39, 0.29) is 17.9 Å². The van der Waals surface area contributed by atoms with Gasteiger partial charge in [0.15, 0.2) is 0 Å². The number of nitrogens with zero attached hydrogens (tertiary/aromatic N) is 2. The molecule has 4 heterocycles. The molecule has 29 heavy (non-hydrogen) atoms. The number of hydrogen-bond acceptors (Lipinski definition) is 4. The van der Waals surface area contributed by atoms with Gasteiger partial charge in [-0.3, -0.25) is 9.59 Å². The lowest BCUT2D eigenvalue weighted by atomic mass is 9.76. The number of fused-ring (bicyclic) bond motifs is 1. The second kappa shape index (κ2) is 6.73. The summed E-state index contributed by atoms with van der Waals surface area (Å²) in [4.78, 5) is 30.4. The van der Waals surface area contributed by atoms with Crippen LogP contribution in [-0.2, 0) is 20.9 Å². The van der Waals surface area contributed by atoms with E-state index in [4.69, 9.17) is 9.47 Å². The van der Waals surface area contributed by atoms with Crippen molar-refractivity contribution in [3.63, 3.8) is 0 Å². The summed E-state index contributed by atoms with van der Waals surface area (Å²) < 4.78 is 11.5.